The smallest absolute Gasteiger partial charge is 0.227 e. The van der Waals surface area contributed by atoms with E-state index in [1.807, 2.05) is 24.3 Å². The molecule has 3 aromatic rings. The molecule has 0 aliphatic carbocycles. The van der Waals surface area contributed by atoms with Gasteiger partial charge in [-0.25, -0.2) is 4.98 Å². The van der Waals surface area contributed by atoms with E-state index < -0.39 is 0 Å². The van der Waals surface area contributed by atoms with Gasteiger partial charge in [0.05, 0.1) is 6.20 Å². The molecule has 2 heterocycles. The van der Waals surface area contributed by atoms with E-state index in [4.69, 9.17) is 13.7 Å². The van der Waals surface area contributed by atoms with Crippen LogP contribution < -0.4 is 0 Å². The fourth-order valence-corrected chi connectivity index (χ4v) is 2.07. The Morgan fingerprint density at radius 1 is 1.09 bits per heavy atom. The fraction of sp³-hybridized carbons (Fsp3) is 0.312. The van der Waals surface area contributed by atoms with Gasteiger partial charge in [-0.2, -0.15) is 4.98 Å². The molecule has 0 spiro atoms. The zero-order valence-electron chi connectivity index (χ0n) is 12.6. The zero-order chi connectivity index (χ0) is 15.4. The van der Waals surface area contributed by atoms with Crippen LogP contribution in [0.3, 0.4) is 0 Å². The minimum absolute atomic E-state index is 0.347. The van der Waals surface area contributed by atoms with Crippen LogP contribution in [0.4, 0.5) is 0 Å². The summed E-state index contributed by atoms with van der Waals surface area (Å²) in [4.78, 5) is 8.51. The molecule has 0 bridgehead atoms. The van der Waals surface area contributed by atoms with Crippen molar-refractivity contribution in [1.82, 2.24) is 15.1 Å². The van der Waals surface area contributed by atoms with E-state index in [2.05, 4.69) is 22.0 Å². The Balaban J connectivity index is 1.62. The molecule has 6 heteroatoms. The van der Waals surface area contributed by atoms with E-state index in [9.17, 15) is 0 Å². The van der Waals surface area contributed by atoms with Gasteiger partial charge in [-0.05, 0) is 6.92 Å². The molecule has 0 atom stereocenters. The predicted octanol–water partition coefficient (Wildman–Crippen LogP) is 2.96. The summed E-state index contributed by atoms with van der Waals surface area (Å²) in [5.41, 5.74) is 2.23. The van der Waals surface area contributed by atoms with Crippen LogP contribution in [0.1, 0.15) is 23.2 Å². The Kier molecular flexibility index (Phi) is 4.29. The van der Waals surface area contributed by atoms with Crippen molar-refractivity contribution in [3.8, 4) is 11.3 Å². The van der Waals surface area contributed by atoms with Crippen LogP contribution in [0.5, 0.6) is 0 Å². The topological polar surface area (TPSA) is 74.2 Å². The average molecular weight is 299 g/mol. The third-order valence-electron chi connectivity index (χ3n) is 3.23. The lowest BCUT2D eigenvalue weighted by Gasteiger charge is -1.97. The quantitative estimate of drug-likeness (QED) is 0.696. The van der Waals surface area contributed by atoms with E-state index in [1.165, 1.54) is 5.56 Å². The first-order valence-corrected chi connectivity index (χ1v) is 7.07. The van der Waals surface area contributed by atoms with Crippen molar-refractivity contribution in [2.24, 2.45) is 0 Å². The fourth-order valence-electron chi connectivity index (χ4n) is 2.07. The lowest BCUT2D eigenvalue weighted by atomic mass is 10.1. The second kappa shape index (κ2) is 6.53. The highest BCUT2D eigenvalue weighted by Gasteiger charge is 2.10. The third kappa shape index (κ3) is 3.40. The van der Waals surface area contributed by atoms with Gasteiger partial charge in [0.25, 0.3) is 0 Å². The van der Waals surface area contributed by atoms with Crippen LogP contribution in [0.2, 0.25) is 0 Å². The molecule has 0 saturated heterocycles. The standard InChI is InChI=1S/C16H17N3O3/c1-11-3-5-12(6-4-11)13-9-17-15(21-13)7-8-16-18-14(10-20-2)19-22-16/h3-6,9H,7-8,10H2,1-2H3. The number of rotatable bonds is 6. The molecule has 3 rings (SSSR count). The van der Waals surface area contributed by atoms with Crippen molar-refractivity contribution >= 4 is 0 Å². The Morgan fingerprint density at radius 2 is 1.86 bits per heavy atom. The second-order valence-corrected chi connectivity index (χ2v) is 5.02. The van der Waals surface area contributed by atoms with Crippen LogP contribution in [-0.4, -0.2) is 22.2 Å². The lowest BCUT2D eigenvalue weighted by molar-refractivity contribution is 0.174. The number of oxazole rings is 1. The maximum absolute atomic E-state index is 5.76. The molecule has 1 aromatic carbocycles. The number of nitrogens with zero attached hydrogens (tertiary/aromatic N) is 3. The molecule has 0 fully saturated rings. The van der Waals surface area contributed by atoms with Gasteiger partial charge in [0.15, 0.2) is 17.5 Å². The van der Waals surface area contributed by atoms with Crippen LogP contribution >= 0.6 is 0 Å². The molecule has 114 valence electrons. The summed E-state index contributed by atoms with van der Waals surface area (Å²) in [6, 6.07) is 8.14. The molecule has 0 unspecified atom stereocenters. The number of benzene rings is 1. The van der Waals surface area contributed by atoms with Gasteiger partial charge in [-0.15, -0.1) is 0 Å². The van der Waals surface area contributed by atoms with Crippen molar-refractivity contribution in [2.75, 3.05) is 7.11 Å². The highest BCUT2D eigenvalue weighted by Crippen LogP contribution is 2.21. The number of aryl methyl sites for hydroxylation is 3. The van der Waals surface area contributed by atoms with Crippen LogP contribution in [-0.2, 0) is 24.2 Å². The van der Waals surface area contributed by atoms with Crippen LogP contribution in [0.25, 0.3) is 11.3 Å². The molecule has 0 aliphatic heterocycles. The first-order valence-electron chi connectivity index (χ1n) is 7.07. The van der Waals surface area contributed by atoms with E-state index in [-0.39, 0.29) is 0 Å². The molecule has 0 N–H and O–H groups in total. The van der Waals surface area contributed by atoms with E-state index >= 15 is 0 Å². The highest BCUT2D eigenvalue weighted by atomic mass is 16.5. The van der Waals surface area contributed by atoms with Crippen molar-refractivity contribution in [1.29, 1.82) is 0 Å². The monoisotopic (exact) mass is 299 g/mol. The van der Waals surface area contributed by atoms with Crippen LogP contribution in [0.15, 0.2) is 39.4 Å². The maximum Gasteiger partial charge on any atom is 0.227 e. The van der Waals surface area contributed by atoms with E-state index in [1.54, 1.807) is 13.3 Å². The molecular formula is C16H17N3O3. The second-order valence-electron chi connectivity index (χ2n) is 5.02. The number of methoxy groups -OCH3 is 1. The van der Waals surface area contributed by atoms with Crippen LogP contribution in [0, 0.1) is 6.92 Å². The van der Waals surface area contributed by atoms with Gasteiger partial charge < -0.3 is 13.7 Å². The highest BCUT2D eigenvalue weighted by molar-refractivity contribution is 5.56. The lowest BCUT2D eigenvalue weighted by Crippen LogP contribution is -1.93. The van der Waals surface area contributed by atoms with Crippen molar-refractivity contribution in [3.05, 3.63) is 53.6 Å². The van der Waals surface area contributed by atoms with Gasteiger partial charge in [-0.3, -0.25) is 0 Å². The molecule has 22 heavy (non-hydrogen) atoms. The van der Waals surface area contributed by atoms with Crippen molar-refractivity contribution < 1.29 is 13.7 Å². The van der Waals surface area contributed by atoms with E-state index in [0.29, 0.717) is 37.1 Å². The summed E-state index contributed by atoms with van der Waals surface area (Å²) >= 11 is 0. The molecule has 0 aliphatic rings. The number of ether oxygens (including phenoxy) is 1. The minimum Gasteiger partial charge on any atom is -0.441 e. The summed E-state index contributed by atoms with van der Waals surface area (Å²) in [6.07, 6.45) is 2.94. The summed E-state index contributed by atoms with van der Waals surface area (Å²) in [7, 11) is 1.59. The molecule has 0 saturated carbocycles. The number of hydrogen-bond acceptors (Lipinski definition) is 6. The zero-order valence-corrected chi connectivity index (χ0v) is 12.6. The minimum atomic E-state index is 0.347. The Hall–Kier alpha value is -2.47. The largest absolute Gasteiger partial charge is 0.441 e. The van der Waals surface area contributed by atoms with Crippen molar-refractivity contribution in [2.45, 2.75) is 26.4 Å². The first-order chi connectivity index (χ1) is 10.7. The molecular weight excluding hydrogens is 282 g/mol. The van der Waals surface area contributed by atoms with Gasteiger partial charge >= 0.3 is 0 Å². The van der Waals surface area contributed by atoms with Crippen molar-refractivity contribution in [3.63, 3.8) is 0 Å². The predicted molar refractivity (Wildman–Crippen MR) is 79.1 cm³/mol. The first kappa shape index (κ1) is 14.5. The number of aromatic nitrogens is 3. The van der Waals surface area contributed by atoms with Gasteiger partial charge in [-0.1, -0.05) is 35.0 Å². The average Bonchev–Trinajstić information content (AvgIpc) is 3.16. The Labute approximate surface area is 128 Å². The maximum atomic E-state index is 5.76. The van der Waals surface area contributed by atoms with Gasteiger partial charge in [0.2, 0.25) is 5.89 Å². The van der Waals surface area contributed by atoms with Gasteiger partial charge in [0, 0.05) is 25.5 Å². The molecule has 2 aromatic heterocycles. The summed E-state index contributed by atoms with van der Waals surface area (Å²) in [6.45, 7) is 2.40. The molecule has 0 radical (unpaired) electrons. The normalized spacial score (nSPS) is 11.0. The van der Waals surface area contributed by atoms with Gasteiger partial charge in [0.1, 0.15) is 6.61 Å². The SMILES string of the molecule is COCc1noc(CCc2ncc(-c3ccc(C)cc3)o2)n1. The van der Waals surface area contributed by atoms with E-state index in [0.717, 1.165) is 11.3 Å². The Bertz CT molecular complexity index is 731. The third-order valence-corrected chi connectivity index (χ3v) is 3.23. The summed E-state index contributed by atoms with van der Waals surface area (Å²) in [5.74, 6) is 2.52. The number of hydrogen-bond donors (Lipinski definition) is 0. The Morgan fingerprint density at radius 3 is 2.64 bits per heavy atom. The molecule has 0 amide bonds. The molecule has 6 nitrogen and oxygen atoms in total. The summed E-state index contributed by atoms with van der Waals surface area (Å²) < 4.78 is 15.8. The summed E-state index contributed by atoms with van der Waals surface area (Å²) in [5, 5.41) is 3.82.